The summed E-state index contributed by atoms with van der Waals surface area (Å²) in [5.41, 5.74) is -1.09. The Bertz CT molecular complexity index is 510. The molecule has 0 aliphatic rings. The van der Waals surface area contributed by atoms with Crippen molar-refractivity contribution in [1.82, 2.24) is 5.32 Å². The third kappa shape index (κ3) is 5.28. The summed E-state index contributed by atoms with van der Waals surface area (Å²) in [6.45, 7) is 7.20. The molecule has 0 saturated carbocycles. The van der Waals surface area contributed by atoms with Crippen LogP contribution >= 0.6 is 11.8 Å². The molecule has 21 heavy (non-hydrogen) atoms. The molecule has 0 radical (unpaired) electrons. The van der Waals surface area contributed by atoms with Crippen LogP contribution in [-0.2, 0) is 4.79 Å². The maximum atomic E-state index is 13.6. The first-order valence-electron chi connectivity index (χ1n) is 6.77. The van der Waals surface area contributed by atoms with E-state index in [1.54, 1.807) is 6.92 Å². The number of hydrogen-bond donors (Lipinski definition) is 2. The number of nitrogens with one attached hydrogen (secondary N) is 1. The topological polar surface area (TPSA) is 49.3 Å². The minimum atomic E-state index is -1.09. The Morgan fingerprint density at radius 3 is 2.48 bits per heavy atom. The van der Waals surface area contributed by atoms with Gasteiger partial charge in [-0.1, -0.05) is 6.92 Å². The van der Waals surface area contributed by atoms with E-state index in [0.29, 0.717) is 11.3 Å². The van der Waals surface area contributed by atoms with Gasteiger partial charge in [-0.25, -0.2) is 8.78 Å². The molecule has 3 nitrogen and oxygen atoms in total. The molecule has 0 aliphatic heterocycles. The number of rotatable bonds is 7. The standard InChI is InChI=1S/C15H21F2NO2S/c1-9(2)18-15(4,14(19)20)8-10(3)21-13-6-5-11(16)7-12(13)17/h5-7,9-10,18H,8H2,1-4H3,(H,19,20). The number of halogens is 2. The highest BCUT2D eigenvalue weighted by molar-refractivity contribution is 8.00. The van der Waals surface area contributed by atoms with E-state index in [0.717, 1.165) is 6.07 Å². The number of benzene rings is 1. The number of hydrogen-bond acceptors (Lipinski definition) is 3. The lowest BCUT2D eigenvalue weighted by molar-refractivity contribution is -0.144. The number of carboxylic acids is 1. The van der Waals surface area contributed by atoms with Gasteiger partial charge in [-0.2, -0.15) is 0 Å². The Balaban J connectivity index is 2.78. The Morgan fingerprint density at radius 1 is 1.38 bits per heavy atom. The van der Waals surface area contributed by atoms with Crippen molar-refractivity contribution in [2.24, 2.45) is 0 Å². The Labute approximate surface area is 128 Å². The van der Waals surface area contributed by atoms with Crippen LogP contribution in [0.25, 0.3) is 0 Å². The number of aliphatic carboxylic acids is 1. The van der Waals surface area contributed by atoms with Gasteiger partial charge in [-0.05, 0) is 39.3 Å². The van der Waals surface area contributed by atoms with Gasteiger partial charge in [0.05, 0.1) is 0 Å². The third-order valence-corrected chi connectivity index (χ3v) is 4.15. The first-order chi connectivity index (χ1) is 9.64. The smallest absolute Gasteiger partial charge is 0.323 e. The molecule has 0 heterocycles. The zero-order valence-corrected chi connectivity index (χ0v) is 13.4. The van der Waals surface area contributed by atoms with Crippen molar-refractivity contribution >= 4 is 17.7 Å². The Kier molecular flexibility index (Phi) is 6.16. The molecule has 0 spiro atoms. The van der Waals surface area contributed by atoms with Crippen LogP contribution in [0.2, 0.25) is 0 Å². The van der Waals surface area contributed by atoms with Crippen molar-refractivity contribution in [3.05, 3.63) is 29.8 Å². The molecule has 1 aromatic rings. The summed E-state index contributed by atoms with van der Waals surface area (Å²) >= 11 is 1.21. The molecular weight excluding hydrogens is 296 g/mol. The fraction of sp³-hybridized carbons (Fsp3) is 0.533. The van der Waals surface area contributed by atoms with Crippen molar-refractivity contribution in [1.29, 1.82) is 0 Å². The van der Waals surface area contributed by atoms with Gasteiger partial charge in [0.25, 0.3) is 0 Å². The average molecular weight is 317 g/mol. The average Bonchev–Trinajstić information content (AvgIpc) is 2.31. The summed E-state index contributed by atoms with van der Waals surface area (Å²) in [7, 11) is 0. The molecule has 2 unspecified atom stereocenters. The summed E-state index contributed by atoms with van der Waals surface area (Å²) < 4.78 is 26.5. The fourth-order valence-electron chi connectivity index (χ4n) is 2.25. The van der Waals surface area contributed by atoms with E-state index < -0.39 is 23.1 Å². The highest BCUT2D eigenvalue weighted by atomic mass is 32.2. The van der Waals surface area contributed by atoms with E-state index in [1.807, 2.05) is 20.8 Å². The summed E-state index contributed by atoms with van der Waals surface area (Å²) in [4.78, 5) is 11.8. The van der Waals surface area contributed by atoms with Crippen molar-refractivity contribution in [2.45, 2.75) is 55.8 Å². The molecule has 118 valence electrons. The molecule has 0 saturated heterocycles. The first kappa shape index (κ1) is 17.9. The van der Waals surface area contributed by atoms with Crippen molar-refractivity contribution < 1.29 is 18.7 Å². The van der Waals surface area contributed by atoms with Crippen LogP contribution in [-0.4, -0.2) is 27.9 Å². The number of thioether (sulfide) groups is 1. The number of carbonyl (C=O) groups is 1. The summed E-state index contributed by atoms with van der Waals surface area (Å²) in [6.07, 6.45) is 0.321. The van der Waals surface area contributed by atoms with E-state index in [-0.39, 0.29) is 11.3 Å². The van der Waals surface area contributed by atoms with Crippen molar-refractivity contribution in [3.63, 3.8) is 0 Å². The largest absolute Gasteiger partial charge is 0.480 e. The predicted molar refractivity (Wildman–Crippen MR) is 80.6 cm³/mol. The minimum absolute atomic E-state index is 0.0193. The van der Waals surface area contributed by atoms with E-state index in [4.69, 9.17) is 0 Å². The van der Waals surface area contributed by atoms with E-state index in [2.05, 4.69) is 5.32 Å². The second-order valence-corrected chi connectivity index (χ2v) is 7.12. The lowest BCUT2D eigenvalue weighted by Crippen LogP contribution is -2.53. The van der Waals surface area contributed by atoms with Crippen LogP contribution in [0.1, 0.15) is 34.1 Å². The summed E-state index contributed by atoms with van der Waals surface area (Å²) in [6, 6.07) is 3.42. The van der Waals surface area contributed by atoms with Gasteiger partial charge in [0.15, 0.2) is 0 Å². The third-order valence-electron chi connectivity index (χ3n) is 3.00. The molecule has 0 amide bonds. The van der Waals surface area contributed by atoms with Gasteiger partial charge in [0, 0.05) is 22.3 Å². The van der Waals surface area contributed by atoms with E-state index >= 15 is 0 Å². The zero-order chi connectivity index (χ0) is 16.2. The Morgan fingerprint density at radius 2 is 2.00 bits per heavy atom. The maximum Gasteiger partial charge on any atom is 0.323 e. The van der Waals surface area contributed by atoms with Crippen LogP contribution in [0.3, 0.4) is 0 Å². The van der Waals surface area contributed by atoms with Gasteiger partial charge in [0.2, 0.25) is 0 Å². The highest BCUT2D eigenvalue weighted by Gasteiger charge is 2.35. The molecule has 0 aromatic heterocycles. The molecule has 0 aliphatic carbocycles. The Hall–Kier alpha value is -1.14. The molecule has 2 atom stereocenters. The summed E-state index contributed by atoms with van der Waals surface area (Å²) in [5.74, 6) is -2.19. The van der Waals surface area contributed by atoms with Crippen LogP contribution in [0.5, 0.6) is 0 Å². The molecule has 1 aromatic carbocycles. The molecule has 6 heteroatoms. The zero-order valence-electron chi connectivity index (χ0n) is 12.6. The monoisotopic (exact) mass is 317 g/mol. The summed E-state index contributed by atoms with van der Waals surface area (Å²) in [5, 5.41) is 12.3. The molecular formula is C15H21F2NO2S. The van der Waals surface area contributed by atoms with Crippen LogP contribution in [0, 0.1) is 11.6 Å². The van der Waals surface area contributed by atoms with Crippen LogP contribution in [0.4, 0.5) is 8.78 Å². The van der Waals surface area contributed by atoms with E-state index in [9.17, 15) is 18.7 Å². The van der Waals surface area contributed by atoms with Crippen LogP contribution < -0.4 is 5.32 Å². The second kappa shape index (κ2) is 7.22. The van der Waals surface area contributed by atoms with Gasteiger partial charge in [-0.15, -0.1) is 11.8 Å². The quantitative estimate of drug-likeness (QED) is 0.753. The van der Waals surface area contributed by atoms with E-state index in [1.165, 1.54) is 23.9 Å². The van der Waals surface area contributed by atoms with Crippen molar-refractivity contribution in [2.75, 3.05) is 0 Å². The fourth-order valence-corrected chi connectivity index (χ4v) is 3.42. The second-order valence-electron chi connectivity index (χ2n) is 5.64. The minimum Gasteiger partial charge on any atom is -0.480 e. The van der Waals surface area contributed by atoms with Gasteiger partial charge >= 0.3 is 5.97 Å². The SMILES string of the molecule is CC(C)NC(C)(CC(C)Sc1ccc(F)cc1F)C(=O)O. The molecule has 0 bridgehead atoms. The lowest BCUT2D eigenvalue weighted by atomic mass is 9.95. The van der Waals surface area contributed by atoms with Crippen LogP contribution in [0.15, 0.2) is 23.1 Å². The molecule has 2 N–H and O–H groups in total. The van der Waals surface area contributed by atoms with Gasteiger partial charge < -0.3 is 5.11 Å². The highest BCUT2D eigenvalue weighted by Crippen LogP contribution is 2.31. The normalized spacial score (nSPS) is 15.8. The lowest BCUT2D eigenvalue weighted by Gasteiger charge is -2.31. The molecule has 1 rings (SSSR count). The van der Waals surface area contributed by atoms with Gasteiger partial charge in [0.1, 0.15) is 17.2 Å². The number of carboxylic acid groups (broad SMARTS) is 1. The first-order valence-corrected chi connectivity index (χ1v) is 7.65. The molecule has 0 fully saturated rings. The predicted octanol–water partition coefficient (Wildman–Crippen LogP) is 3.68. The maximum absolute atomic E-state index is 13.6. The van der Waals surface area contributed by atoms with Gasteiger partial charge in [-0.3, -0.25) is 10.1 Å². The van der Waals surface area contributed by atoms with Crippen molar-refractivity contribution in [3.8, 4) is 0 Å².